The highest BCUT2D eigenvalue weighted by atomic mass is 16.1. The van der Waals surface area contributed by atoms with E-state index in [0.29, 0.717) is 12.0 Å². The number of hydrogen-bond donors (Lipinski definition) is 1. The standard InChI is InChI=1S/C20H29NO2/c1-2-3-4-5-6-7-8-9-14-19(22)18-13-11-10-12-17(18)15-16-20(21)23/h9-14H,2-8,15-16H2,1H3,(H2,21,23). The van der Waals surface area contributed by atoms with Crippen molar-refractivity contribution in [2.75, 3.05) is 0 Å². The number of rotatable bonds is 12. The van der Waals surface area contributed by atoms with Crippen molar-refractivity contribution in [1.82, 2.24) is 0 Å². The summed E-state index contributed by atoms with van der Waals surface area (Å²) >= 11 is 0. The molecule has 0 bridgehead atoms. The van der Waals surface area contributed by atoms with Crippen LogP contribution in [0.2, 0.25) is 0 Å². The van der Waals surface area contributed by atoms with Crippen LogP contribution < -0.4 is 5.73 Å². The number of primary amides is 1. The molecule has 0 aliphatic rings. The van der Waals surface area contributed by atoms with Gasteiger partial charge in [0.15, 0.2) is 5.78 Å². The van der Waals surface area contributed by atoms with Crippen LogP contribution in [0.5, 0.6) is 0 Å². The van der Waals surface area contributed by atoms with Crippen molar-refractivity contribution in [3.05, 3.63) is 47.5 Å². The molecule has 1 amide bonds. The summed E-state index contributed by atoms with van der Waals surface area (Å²) in [5.74, 6) is -0.332. The zero-order valence-electron chi connectivity index (χ0n) is 14.2. The summed E-state index contributed by atoms with van der Waals surface area (Å²) in [7, 11) is 0. The van der Waals surface area contributed by atoms with E-state index in [2.05, 4.69) is 6.92 Å². The van der Waals surface area contributed by atoms with Crippen LogP contribution in [0.25, 0.3) is 0 Å². The highest BCUT2D eigenvalue weighted by molar-refractivity contribution is 6.05. The van der Waals surface area contributed by atoms with Crippen LogP contribution in [0.1, 0.15) is 74.2 Å². The fourth-order valence-electron chi connectivity index (χ4n) is 2.56. The van der Waals surface area contributed by atoms with Crippen molar-refractivity contribution in [3.8, 4) is 0 Å². The maximum Gasteiger partial charge on any atom is 0.217 e. The van der Waals surface area contributed by atoms with E-state index in [1.54, 1.807) is 6.08 Å². The number of carbonyl (C=O) groups excluding carboxylic acids is 2. The maximum absolute atomic E-state index is 12.3. The molecule has 0 aromatic heterocycles. The normalized spacial score (nSPS) is 11.0. The molecule has 1 rings (SSSR count). The van der Waals surface area contributed by atoms with Crippen molar-refractivity contribution in [2.24, 2.45) is 5.73 Å². The third-order valence-electron chi connectivity index (χ3n) is 3.92. The second kappa shape index (κ2) is 11.6. The fraction of sp³-hybridized carbons (Fsp3) is 0.500. The van der Waals surface area contributed by atoms with E-state index in [0.717, 1.165) is 18.4 Å². The first kappa shape index (κ1) is 19.1. The van der Waals surface area contributed by atoms with Crippen molar-refractivity contribution >= 4 is 11.7 Å². The summed E-state index contributed by atoms with van der Waals surface area (Å²) in [6, 6.07) is 7.43. The summed E-state index contributed by atoms with van der Waals surface area (Å²) in [6.45, 7) is 2.22. The molecule has 1 aromatic rings. The average Bonchev–Trinajstić information content (AvgIpc) is 2.55. The molecule has 3 heteroatoms. The number of ketones is 1. The lowest BCUT2D eigenvalue weighted by Crippen LogP contribution is -2.12. The van der Waals surface area contributed by atoms with Gasteiger partial charge in [-0.05, 0) is 30.9 Å². The molecule has 2 N–H and O–H groups in total. The van der Waals surface area contributed by atoms with E-state index in [9.17, 15) is 9.59 Å². The second-order valence-electron chi connectivity index (χ2n) is 5.95. The molecule has 23 heavy (non-hydrogen) atoms. The molecule has 0 atom stereocenters. The van der Waals surface area contributed by atoms with Gasteiger partial charge >= 0.3 is 0 Å². The van der Waals surface area contributed by atoms with Crippen LogP contribution in [0.3, 0.4) is 0 Å². The van der Waals surface area contributed by atoms with Gasteiger partial charge in [-0.1, -0.05) is 69.4 Å². The molecule has 0 spiro atoms. The highest BCUT2D eigenvalue weighted by Gasteiger charge is 2.08. The molecule has 3 nitrogen and oxygen atoms in total. The van der Waals surface area contributed by atoms with E-state index in [1.165, 1.54) is 32.1 Å². The van der Waals surface area contributed by atoms with Crippen LogP contribution in [0.4, 0.5) is 0 Å². The average molecular weight is 315 g/mol. The SMILES string of the molecule is CCCCCCCCC=CC(=O)c1ccccc1CCC(N)=O. The minimum atomic E-state index is -0.342. The predicted molar refractivity (Wildman–Crippen MR) is 95.4 cm³/mol. The maximum atomic E-state index is 12.3. The van der Waals surface area contributed by atoms with E-state index < -0.39 is 0 Å². The Hall–Kier alpha value is -1.90. The smallest absolute Gasteiger partial charge is 0.217 e. The molecule has 0 radical (unpaired) electrons. The van der Waals surface area contributed by atoms with Crippen LogP contribution >= 0.6 is 0 Å². The van der Waals surface area contributed by atoms with Gasteiger partial charge in [0, 0.05) is 12.0 Å². The van der Waals surface area contributed by atoms with Crippen LogP contribution in [0.15, 0.2) is 36.4 Å². The Bertz CT molecular complexity index is 520. The number of nitrogens with two attached hydrogens (primary N) is 1. The lowest BCUT2D eigenvalue weighted by atomic mass is 9.99. The number of carbonyl (C=O) groups is 2. The molecular formula is C20H29NO2. The van der Waals surface area contributed by atoms with Gasteiger partial charge in [0.1, 0.15) is 0 Å². The monoisotopic (exact) mass is 315 g/mol. The molecule has 0 heterocycles. The quantitative estimate of drug-likeness (QED) is 0.348. The number of unbranched alkanes of at least 4 members (excludes halogenated alkanes) is 6. The van der Waals surface area contributed by atoms with Gasteiger partial charge in [-0.2, -0.15) is 0 Å². The Balaban J connectivity index is 2.42. The number of amides is 1. The first-order chi connectivity index (χ1) is 11.1. The van der Waals surface area contributed by atoms with Crippen molar-refractivity contribution < 1.29 is 9.59 Å². The highest BCUT2D eigenvalue weighted by Crippen LogP contribution is 2.13. The van der Waals surface area contributed by atoms with Gasteiger partial charge in [-0.25, -0.2) is 0 Å². The van der Waals surface area contributed by atoms with E-state index in [4.69, 9.17) is 5.73 Å². The Kier molecular flexibility index (Phi) is 9.69. The van der Waals surface area contributed by atoms with Gasteiger partial charge < -0.3 is 5.73 Å². The van der Waals surface area contributed by atoms with Gasteiger partial charge in [-0.15, -0.1) is 0 Å². The topological polar surface area (TPSA) is 60.2 Å². The summed E-state index contributed by atoms with van der Waals surface area (Å²) in [5.41, 5.74) is 6.75. The summed E-state index contributed by atoms with van der Waals surface area (Å²) in [5, 5.41) is 0. The van der Waals surface area contributed by atoms with Crippen LogP contribution in [-0.2, 0) is 11.2 Å². The summed E-state index contributed by atoms with van der Waals surface area (Å²) in [6.07, 6.45) is 12.9. The Morgan fingerprint density at radius 2 is 1.74 bits per heavy atom. The molecule has 126 valence electrons. The summed E-state index contributed by atoms with van der Waals surface area (Å²) < 4.78 is 0. The van der Waals surface area contributed by atoms with Gasteiger partial charge in [0.25, 0.3) is 0 Å². The van der Waals surface area contributed by atoms with E-state index >= 15 is 0 Å². The van der Waals surface area contributed by atoms with Gasteiger partial charge in [-0.3, -0.25) is 9.59 Å². The lowest BCUT2D eigenvalue weighted by Gasteiger charge is -2.05. The van der Waals surface area contributed by atoms with Gasteiger partial charge in [0.2, 0.25) is 5.91 Å². The first-order valence-corrected chi connectivity index (χ1v) is 8.72. The lowest BCUT2D eigenvalue weighted by molar-refractivity contribution is -0.117. The largest absolute Gasteiger partial charge is 0.370 e. The zero-order valence-corrected chi connectivity index (χ0v) is 14.2. The van der Waals surface area contributed by atoms with E-state index in [1.807, 2.05) is 30.3 Å². The predicted octanol–water partition coefficient (Wildman–Crippen LogP) is 4.59. The molecule has 0 aliphatic carbocycles. The van der Waals surface area contributed by atoms with Gasteiger partial charge in [0.05, 0.1) is 0 Å². The zero-order chi connectivity index (χ0) is 16.9. The van der Waals surface area contributed by atoms with Crippen molar-refractivity contribution in [2.45, 2.75) is 64.7 Å². The number of hydrogen-bond acceptors (Lipinski definition) is 2. The molecule has 0 saturated carbocycles. The number of aryl methyl sites for hydroxylation is 1. The van der Waals surface area contributed by atoms with Crippen LogP contribution in [-0.4, -0.2) is 11.7 Å². The molecular weight excluding hydrogens is 286 g/mol. The molecule has 1 aromatic carbocycles. The fourth-order valence-corrected chi connectivity index (χ4v) is 2.56. The molecule has 0 aliphatic heterocycles. The van der Waals surface area contributed by atoms with Crippen molar-refractivity contribution in [3.63, 3.8) is 0 Å². The Morgan fingerprint density at radius 3 is 2.48 bits per heavy atom. The third-order valence-corrected chi connectivity index (χ3v) is 3.92. The Morgan fingerprint density at radius 1 is 1.04 bits per heavy atom. The Labute approximate surface area is 140 Å². The van der Waals surface area contributed by atoms with Crippen LogP contribution in [0, 0.1) is 0 Å². The molecule has 0 saturated heterocycles. The molecule has 0 fully saturated rings. The van der Waals surface area contributed by atoms with Crippen molar-refractivity contribution in [1.29, 1.82) is 0 Å². The number of benzene rings is 1. The summed E-state index contributed by atoms with van der Waals surface area (Å²) in [4.78, 5) is 23.2. The first-order valence-electron chi connectivity index (χ1n) is 8.72. The van der Waals surface area contributed by atoms with E-state index in [-0.39, 0.29) is 18.1 Å². The number of allylic oxidation sites excluding steroid dienone is 2. The minimum Gasteiger partial charge on any atom is -0.370 e. The third kappa shape index (κ3) is 8.34. The second-order valence-corrected chi connectivity index (χ2v) is 5.95. The minimum absolute atomic E-state index is 0.0102. The molecule has 0 unspecified atom stereocenters.